The molecular weight excluding hydrogens is 389 g/mol. The van der Waals surface area contributed by atoms with Crippen LogP contribution in [0.15, 0.2) is 83.3 Å². The summed E-state index contributed by atoms with van der Waals surface area (Å²) >= 11 is 0. The number of hydrogen-bond acceptors (Lipinski definition) is 2. The molecule has 0 bridgehead atoms. The summed E-state index contributed by atoms with van der Waals surface area (Å²) in [5.41, 5.74) is 6.34. The molecule has 0 atom stereocenters. The number of imidazole rings is 1. The van der Waals surface area contributed by atoms with Crippen molar-refractivity contribution >= 4 is 33.1 Å². The Bertz CT molecular complexity index is 1610. The lowest BCUT2D eigenvalue weighted by Gasteiger charge is -2.07. The van der Waals surface area contributed by atoms with Crippen LogP contribution in [0, 0.1) is 12.9 Å². The predicted molar refractivity (Wildman–Crippen MR) is 120 cm³/mol. The first-order valence-corrected chi connectivity index (χ1v) is 10.2. The van der Waals surface area contributed by atoms with Gasteiger partial charge in [0.25, 0.3) is 5.82 Å². The SMILES string of the molecule is Cc1ccc2c(oc3nc(F)ccc32)c1-c1n(-c2ccccc2)c2ccccc2[n+]1C. The van der Waals surface area contributed by atoms with Crippen LogP contribution < -0.4 is 4.57 Å². The Morgan fingerprint density at radius 1 is 0.871 bits per heavy atom. The van der Waals surface area contributed by atoms with Crippen LogP contribution in [0.4, 0.5) is 4.39 Å². The highest BCUT2D eigenvalue weighted by molar-refractivity contribution is 6.08. The molecule has 0 fully saturated rings. The number of benzene rings is 3. The summed E-state index contributed by atoms with van der Waals surface area (Å²) in [7, 11) is 2.07. The van der Waals surface area contributed by atoms with Crippen LogP contribution in [0.5, 0.6) is 0 Å². The highest BCUT2D eigenvalue weighted by atomic mass is 19.1. The van der Waals surface area contributed by atoms with Crippen molar-refractivity contribution in [1.29, 1.82) is 0 Å². The number of pyridine rings is 1. The van der Waals surface area contributed by atoms with Crippen LogP contribution in [-0.4, -0.2) is 9.55 Å². The summed E-state index contributed by atoms with van der Waals surface area (Å²) in [6.45, 7) is 2.07. The van der Waals surface area contributed by atoms with Gasteiger partial charge in [-0.05, 0) is 48.9 Å². The zero-order valence-corrected chi connectivity index (χ0v) is 17.1. The van der Waals surface area contributed by atoms with Gasteiger partial charge in [0.2, 0.25) is 11.7 Å². The van der Waals surface area contributed by atoms with Gasteiger partial charge in [0.05, 0.1) is 7.05 Å². The minimum absolute atomic E-state index is 0.312. The third-order valence-electron chi connectivity index (χ3n) is 5.93. The number of nitrogens with zero attached hydrogens (tertiary/aromatic N) is 3. The molecule has 4 nitrogen and oxygen atoms in total. The average Bonchev–Trinajstić information content (AvgIpc) is 3.29. The zero-order chi connectivity index (χ0) is 21.1. The third-order valence-corrected chi connectivity index (χ3v) is 5.93. The van der Waals surface area contributed by atoms with Gasteiger partial charge in [-0.2, -0.15) is 13.9 Å². The highest BCUT2D eigenvalue weighted by Gasteiger charge is 2.30. The van der Waals surface area contributed by atoms with E-state index in [1.807, 2.05) is 36.4 Å². The molecule has 0 aliphatic carbocycles. The maximum atomic E-state index is 13.8. The molecule has 0 unspecified atom stereocenters. The van der Waals surface area contributed by atoms with Crippen molar-refractivity contribution in [2.75, 3.05) is 0 Å². The van der Waals surface area contributed by atoms with Crippen LogP contribution >= 0.6 is 0 Å². The van der Waals surface area contributed by atoms with E-state index in [-0.39, 0.29) is 0 Å². The normalized spacial score (nSPS) is 11.7. The van der Waals surface area contributed by atoms with Crippen molar-refractivity contribution in [2.24, 2.45) is 7.05 Å². The Kier molecular flexibility index (Phi) is 3.74. The van der Waals surface area contributed by atoms with E-state index in [1.54, 1.807) is 6.07 Å². The van der Waals surface area contributed by atoms with E-state index in [0.29, 0.717) is 11.3 Å². The average molecular weight is 408 g/mol. The van der Waals surface area contributed by atoms with E-state index < -0.39 is 5.95 Å². The van der Waals surface area contributed by atoms with Gasteiger partial charge in [0.1, 0.15) is 11.3 Å². The standard InChI is InChI=1S/C26H19FN3O/c1-16-12-13-18-19-14-15-22(27)28-25(19)31-24(18)23(16)26-29(2)20-10-6-7-11-21(20)30(26)17-8-4-3-5-9-17/h3-15H,1-2H3/q+1. The fourth-order valence-corrected chi connectivity index (χ4v) is 4.51. The molecule has 31 heavy (non-hydrogen) atoms. The maximum absolute atomic E-state index is 13.8. The molecule has 3 heterocycles. The van der Waals surface area contributed by atoms with Gasteiger partial charge in [-0.25, -0.2) is 4.57 Å². The second-order valence-corrected chi connectivity index (χ2v) is 7.77. The Hall–Kier alpha value is -3.99. The Morgan fingerprint density at radius 2 is 1.61 bits per heavy atom. The topological polar surface area (TPSA) is 34.8 Å². The number of para-hydroxylation sites is 3. The maximum Gasteiger partial charge on any atom is 0.298 e. The van der Waals surface area contributed by atoms with Gasteiger partial charge in [-0.15, -0.1) is 0 Å². The first-order valence-electron chi connectivity index (χ1n) is 10.2. The van der Waals surface area contributed by atoms with Crippen LogP contribution in [0.3, 0.4) is 0 Å². The van der Waals surface area contributed by atoms with E-state index in [2.05, 4.69) is 58.4 Å². The van der Waals surface area contributed by atoms with Crippen molar-refractivity contribution in [3.8, 4) is 17.1 Å². The largest absolute Gasteiger partial charge is 0.437 e. The number of fused-ring (bicyclic) bond motifs is 4. The second kappa shape index (κ2) is 6.51. The summed E-state index contributed by atoms with van der Waals surface area (Å²) < 4.78 is 24.4. The van der Waals surface area contributed by atoms with Crippen molar-refractivity contribution in [1.82, 2.24) is 9.55 Å². The number of aryl methyl sites for hydroxylation is 2. The summed E-state index contributed by atoms with van der Waals surface area (Å²) in [4.78, 5) is 3.98. The first kappa shape index (κ1) is 17.8. The van der Waals surface area contributed by atoms with E-state index >= 15 is 0 Å². The quantitative estimate of drug-likeness (QED) is 0.266. The molecule has 6 rings (SSSR count). The van der Waals surface area contributed by atoms with Crippen LogP contribution in [0.25, 0.3) is 50.2 Å². The van der Waals surface area contributed by atoms with Gasteiger partial charge in [0, 0.05) is 10.8 Å². The molecule has 0 spiro atoms. The molecule has 3 aromatic heterocycles. The summed E-state index contributed by atoms with van der Waals surface area (Å²) in [5.74, 6) is 0.448. The van der Waals surface area contributed by atoms with Gasteiger partial charge in [0.15, 0.2) is 16.6 Å². The molecule has 0 saturated carbocycles. The van der Waals surface area contributed by atoms with Crippen LogP contribution in [-0.2, 0) is 7.05 Å². The minimum Gasteiger partial charge on any atom is -0.437 e. The summed E-state index contributed by atoms with van der Waals surface area (Å²) in [5, 5.41) is 1.73. The number of hydrogen-bond donors (Lipinski definition) is 0. The Labute approximate surface area is 177 Å². The summed E-state index contributed by atoms with van der Waals surface area (Å²) in [6, 6.07) is 25.8. The molecule has 0 aliphatic rings. The van der Waals surface area contributed by atoms with Crippen molar-refractivity contribution in [2.45, 2.75) is 6.92 Å². The van der Waals surface area contributed by atoms with Crippen molar-refractivity contribution in [3.63, 3.8) is 0 Å². The third kappa shape index (κ3) is 2.53. The number of rotatable bonds is 2. The molecule has 6 aromatic rings. The van der Waals surface area contributed by atoms with Gasteiger partial charge in [-0.3, -0.25) is 0 Å². The lowest BCUT2D eigenvalue weighted by atomic mass is 10.0. The van der Waals surface area contributed by atoms with Gasteiger partial charge in [-0.1, -0.05) is 42.5 Å². The van der Waals surface area contributed by atoms with E-state index in [1.165, 1.54) is 6.07 Å². The fraction of sp³-hybridized carbons (Fsp3) is 0.0769. The monoisotopic (exact) mass is 408 g/mol. The van der Waals surface area contributed by atoms with Crippen molar-refractivity contribution < 1.29 is 13.4 Å². The fourth-order valence-electron chi connectivity index (χ4n) is 4.51. The Balaban J connectivity index is 1.80. The first-order chi connectivity index (χ1) is 15.1. The lowest BCUT2D eigenvalue weighted by Crippen LogP contribution is -2.30. The zero-order valence-electron chi connectivity index (χ0n) is 17.1. The lowest BCUT2D eigenvalue weighted by molar-refractivity contribution is -0.633. The van der Waals surface area contributed by atoms with E-state index in [9.17, 15) is 4.39 Å². The van der Waals surface area contributed by atoms with Gasteiger partial charge < -0.3 is 4.42 Å². The molecule has 0 amide bonds. The Morgan fingerprint density at radius 3 is 2.45 bits per heavy atom. The van der Waals surface area contributed by atoms with Crippen LogP contribution in [0.1, 0.15) is 5.56 Å². The molecule has 5 heteroatoms. The smallest absolute Gasteiger partial charge is 0.298 e. The second-order valence-electron chi connectivity index (χ2n) is 7.77. The molecule has 0 N–H and O–H groups in total. The minimum atomic E-state index is -0.547. The van der Waals surface area contributed by atoms with E-state index in [0.717, 1.165) is 44.4 Å². The molecular formula is C26H19FN3O+. The molecule has 0 aliphatic heterocycles. The van der Waals surface area contributed by atoms with E-state index in [4.69, 9.17) is 4.42 Å². The number of furan rings is 1. The molecule has 0 radical (unpaired) electrons. The molecule has 150 valence electrons. The molecule has 0 saturated heterocycles. The highest BCUT2D eigenvalue weighted by Crippen LogP contribution is 2.38. The number of aromatic nitrogens is 3. The summed E-state index contributed by atoms with van der Waals surface area (Å²) in [6.07, 6.45) is 0. The van der Waals surface area contributed by atoms with Crippen molar-refractivity contribution in [3.05, 3.63) is 90.4 Å². The molecule has 3 aromatic carbocycles. The van der Waals surface area contributed by atoms with Gasteiger partial charge >= 0.3 is 0 Å². The predicted octanol–water partition coefficient (Wildman–Crippen LogP) is 5.86. The number of halogens is 1. The van der Waals surface area contributed by atoms with Crippen LogP contribution in [0.2, 0.25) is 0 Å².